The van der Waals surface area contributed by atoms with Crippen LogP contribution in [0.2, 0.25) is 0 Å². The van der Waals surface area contributed by atoms with Crippen molar-refractivity contribution in [2.45, 2.75) is 13.5 Å². The second-order valence-electron chi connectivity index (χ2n) is 5.84. The van der Waals surface area contributed by atoms with Gasteiger partial charge in [-0.1, -0.05) is 18.2 Å². The van der Waals surface area contributed by atoms with E-state index >= 15 is 0 Å². The first-order valence-corrected chi connectivity index (χ1v) is 9.55. The van der Waals surface area contributed by atoms with Crippen LogP contribution in [0.4, 0.5) is 5.69 Å². The summed E-state index contributed by atoms with van der Waals surface area (Å²) < 4.78 is 17.8. The number of nitrogens with one attached hydrogen (secondary N) is 1. The molecule has 0 unspecified atom stereocenters. The van der Waals surface area contributed by atoms with E-state index in [9.17, 15) is 0 Å². The maximum Gasteiger partial charge on any atom is 0.175 e. The minimum Gasteiger partial charge on any atom is -0.493 e. The van der Waals surface area contributed by atoms with Crippen LogP contribution in [0.15, 0.2) is 71.2 Å². The van der Waals surface area contributed by atoms with Crippen LogP contribution in [0.1, 0.15) is 12.5 Å². The molecule has 3 aromatic carbocycles. The van der Waals surface area contributed by atoms with Gasteiger partial charge in [-0.15, -0.1) is 0 Å². The Balaban J connectivity index is 1.64. The van der Waals surface area contributed by atoms with Crippen molar-refractivity contribution in [3.05, 3.63) is 76.8 Å². The van der Waals surface area contributed by atoms with Crippen molar-refractivity contribution in [2.75, 3.05) is 19.0 Å². The second kappa shape index (κ2) is 9.33. The molecular weight excluding hydrogens is 406 g/mol. The Morgan fingerprint density at radius 3 is 2.30 bits per heavy atom. The topological polar surface area (TPSA) is 39.7 Å². The van der Waals surface area contributed by atoms with Crippen molar-refractivity contribution in [3.63, 3.8) is 0 Å². The molecule has 0 aliphatic rings. The standard InChI is InChI=1S/C22H22BrNO3/c1-3-26-22-20(23)13-16(14-21(22)25-2)15-24-17-9-11-19(12-10-17)27-18-7-5-4-6-8-18/h4-14,24H,3,15H2,1-2H3. The highest BCUT2D eigenvalue weighted by Gasteiger charge is 2.11. The number of para-hydroxylation sites is 1. The predicted molar refractivity (Wildman–Crippen MR) is 112 cm³/mol. The number of halogens is 1. The van der Waals surface area contributed by atoms with Crippen LogP contribution < -0.4 is 19.5 Å². The fraction of sp³-hybridized carbons (Fsp3) is 0.182. The summed E-state index contributed by atoms with van der Waals surface area (Å²) in [5.41, 5.74) is 2.10. The molecule has 0 radical (unpaired) electrons. The van der Waals surface area contributed by atoms with E-state index in [0.717, 1.165) is 38.7 Å². The Morgan fingerprint density at radius 1 is 0.926 bits per heavy atom. The third kappa shape index (κ3) is 5.17. The molecule has 3 aromatic rings. The molecule has 0 aromatic heterocycles. The number of anilines is 1. The Labute approximate surface area is 168 Å². The summed E-state index contributed by atoms with van der Waals surface area (Å²) in [6, 6.07) is 21.7. The van der Waals surface area contributed by atoms with Gasteiger partial charge in [-0.3, -0.25) is 0 Å². The summed E-state index contributed by atoms with van der Waals surface area (Å²) in [6.45, 7) is 3.21. The summed E-state index contributed by atoms with van der Waals surface area (Å²) >= 11 is 3.56. The van der Waals surface area contributed by atoms with Gasteiger partial charge >= 0.3 is 0 Å². The molecule has 0 amide bonds. The molecule has 0 bridgehead atoms. The predicted octanol–water partition coefficient (Wildman–Crippen LogP) is 6.26. The number of benzene rings is 3. The molecule has 5 heteroatoms. The van der Waals surface area contributed by atoms with Crippen LogP contribution >= 0.6 is 15.9 Å². The minimum absolute atomic E-state index is 0.587. The molecule has 4 nitrogen and oxygen atoms in total. The van der Waals surface area contributed by atoms with Gasteiger partial charge in [0.1, 0.15) is 11.5 Å². The second-order valence-corrected chi connectivity index (χ2v) is 6.69. The van der Waals surface area contributed by atoms with E-state index in [1.807, 2.05) is 73.7 Å². The zero-order valence-electron chi connectivity index (χ0n) is 15.4. The quantitative estimate of drug-likeness (QED) is 0.460. The van der Waals surface area contributed by atoms with Gasteiger partial charge in [0.25, 0.3) is 0 Å². The highest BCUT2D eigenvalue weighted by atomic mass is 79.9. The molecule has 3 rings (SSSR count). The van der Waals surface area contributed by atoms with Gasteiger partial charge < -0.3 is 19.5 Å². The first-order valence-electron chi connectivity index (χ1n) is 8.75. The van der Waals surface area contributed by atoms with E-state index in [0.29, 0.717) is 13.2 Å². The third-order valence-electron chi connectivity index (χ3n) is 3.91. The highest BCUT2D eigenvalue weighted by molar-refractivity contribution is 9.10. The molecule has 0 aliphatic carbocycles. The van der Waals surface area contributed by atoms with Crippen LogP contribution in [-0.2, 0) is 6.54 Å². The first kappa shape index (κ1) is 19.1. The van der Waals surface area contributed by atoms with Gasteiger partial charge in [-0.2, -0.15) is 0 Å². The molecule has 0 atom stereocenters. The highest BCUT2D eigenvalue weighted by Crippen LogP contribution is 2.36. The van der Waals surface area contributed by atoms with Crippen molar-refractivity contribution in [1.82, 2.24) is 0 Å². The van der Waals surface area contributed by atoms with Crippen molar-refractivity contribution in [1.29, 1.82) is 0 Å². The van der Waals surface area contributed by atoms with Crippen molar-refractivity contribution in [2.24, 2.45) is 0 Å². The number of rotatable bonds is 8. The molecule has 0 spiro atoms. The lowest BCUT2D eigenvalue weighted by Crippen LogP contribution is -2.02. The third-order valence-corrected chi connectivity index (χ3v) is 4.50. The van der Waals surface area contributed by atoms with Crippen LogP contribution in [0, 0.1) is 0 Å². The average Bonchev–Trinajstić information content (AvgIpc) is 2.70. The number of hydrogen-bond acceptors (Lipinski definition) is 4. The van der Waals surface area contributed by atoms with Gasteiger partial charge in [-0.25, -0.2) is 0 Å². The Bertz CT molecular complexity index is 867. The lowest BCUT2D eigenvalue weighted by Gasteiger charge is -2.14. The smallest absolute Gasteiger partial charge is 0.175 e. The summed E-state index contributed by atoms with van der Waals surface area (Å²) in [7, 11) is 1.65. The Kier molecular flexibility index (Phi) is 6.60. The fourth-order valence-electron chi connectivity index (χ4n) is 2.63. The Morgan fingerprint density at radius 2 is 1.63 bits per heavy atom. The number of hydrogen-bond donors (Lipinski definition) is 1. The largest absolute Gasteiger partial charge is 0.493 e. The van der Waals surface area contributed by atoms with Crippen molar-refractivity contribution in [3.8, 4) is 23.0 Å². The van der Waals surface area contributed by atoms with Gasteiger partial charge in [0.15, 0.2) is 11.5 Å². The molecular formula is C22H22BrNO3. The molecule has 0 heterocycles. The van der Waals surface area contributed by atoms with Crippen LogP contribution in [0.3, 0.4) is 0 Å². The number of methoxy groups -OCH3 is 1. The summed E-state index contributed by atoms with van der Waals surface area (Å²) in [6.07, 6.45) is 0. The average molecular weight is 428 g/mol. The zero-order chi connectivity index (χ0) is 19.1. The van der Waals surface area contributed by atoms with E-state index in [-0.39, 0.29) is 0 Å². The van der Waals surface area contributed by atoms with Gasteiger partial charge in [0.2, 0.25) is 0 Å². The molecule has 0 aliphatic heterocycles. The summed E-state index contributed by atoms with van der Waals surface area (Å²) in [5.74, 6) is 3.07. The Hall–Kier alpha value is -2.66. The van der Waals surface area contributed by atoms with Gasteiger partial charge in [-0.05, 0) is 76.9 Å². The van der Waals surface area contributed by atoms with E-state index in [1.165, 1.54) is 0 Å². The van der Waals surface area contributed by atoms with E-state index in [2.05, 4.69) is 21.2 Å². The van der Waals surface area contributed by atoms with E-state index in [1.54, 1.807) is 7.11 Å². The lowest BCUT2D eigenvalue weighted by atomic mass is 10.2. The maximum absolute atomic E-state index is 5.81. The van der Waals surface area contributed by atoms with Crippen molar-refractivity contribution >= 4 is 21.6 Å². The van der Waals surface area contributed by atoms with Crippen LogP contribution in [0.5, 0.6) is 23.0 Å². The molecule has 0 saturated carbocycles. The minimum atomic E-state index is 0.587. The maximum atomic E-state index is 5.81. The van der Waals surface area contributed by atoms with Crippen LogP contribution in [0.25, 0.3) is 0 Å². The number of ether oxygens (including phenoxy) is 3. The zero-order valence-corrected chi connectivity index (χ0v) is 17.0. The summed E-state index contributed by atoms with van der Waals surface area (Å²) in [4.78, 5) is 0. The van der Waals surface area contributed by atoms with Crippen molar-refractivity contribution < 1.29 is 14.2 Å². The SMILES string of the molecule is CCOc1c(Br)cc(CNc2ccc(Oc3ccccc3)cc2)cc1OC. The molecule has 0 saturated heterocycles. The lowest BCUT2D eigenvalue weighted by molar-refractivity contribution is 0.308. The summed E-state index contributed by atoms with van der Waals surface area (Å²) in [5, 5.41) is 3.41. The van der Waals surface area contributed by atoms with E-state index in [4.69, 9.17) is 14.2 Å². The normalized spacial score (nSPS) is 10.3. The molecule has 140 valence electrons. The van der Waals surface area contributed by atoms with Crippen LogP contribution in [-0.4, -0.2) is 13.7 Å². The first-order chi connectivity index (χ1) is 13.2. The van der Waals surface area contributed by atoms with E-state index < -0.39 is 0 Å². The van der Waals surface area contributed by atoms with Gasteiger partial charge in [0, 0.05) is 12.2 Å². The monoisotopic (exact) mass is 427 g/mol. The molecule has 27 heavy (non-hydrogen) atoms. The molecule has 1 N–H and O–H groups in total. The molecule has 0 fully saturated rings. The fourth-order valence-corrected chi connectivity index (χ4v) is 3.23. The van der Waals surface area contributed by atoms with Gasteiger partial charge in [0.05, 0.1) is 18.2 Å².